The summed E-state index contributed by atoms with van der Waals surface area (Å²) in [5.74, 6) is -0.0953. The van der Waals surface area contributed by atoms with Crippen molar-refractivity contribution in [2.45, 2.75) is 56.0 Å². The quantitative estimate of drug-likeness (QED) is 0.819. The van der Waals surface area contributed by atoms with E-state index in [1.165, 1.54) is 12.1 Å². The first-order valence-electron chi connectivity index (χ1n) is 9.52. The lowest BCUT2D eigenvalue weighted by Gasteiger charge is -2.47. The highest BCUT2D eigenvalue weighted by atomic mass is 19.4. The summed E-state index contributed by atoms with van der Waals surface area (Å²) in [5.41, 5.74) is -0.421. The number of hydrogen-bond donors (Lipinski definition) is 1. The molecule has 3 rings (SSSR count). The first-order valence-corrected chi connectivity index (χ1v) is 9.52. The summed E-state index contributed by atoms with van der Waals surface area (Å²) in [6.07, 6.45) is -1.87. The Kier molecular flexibility index (Phi) is 6.62. The highest BCUT2D eigenvalue weighted by molar-refractivity contribution is 5.76. The Hall–Kier alpha value is -1.64. The van der Waals surface area contributed by atoms with Crippen LogP contribution in [0.2, 0.25) is 0 Å². The van der Waals surface area contributed by atoms with Crippen LogP contribution in [0.3, 0.4) is 0 Å². The maximum atomic E-state index is 12.9. The zero-order valence-electron chi connectivity index (χ0n) is 15.9. The topological polar surface area (TPSA) is 56.8 Å². The fourth-order valence-corrected chi connectivity index (χ4v) is 3.95. The lowest BCUT2D eigenvalue weighted by molar-refractivity contribution is -0.179. The summed E-state index contributed by atoms with van der Waals surface area (Å²) in [4.78, 5) is 12.2. The molecule has 2 aliphatic heterocycles. The Labute approximate surface area is 162 Å². The van der Waals surface area contributed by atoms with Crippen LogP contribution in [-0.4, -0.2) is 44.5 Å². The van der Waals surface area contributed by atoms with Crippen molar-refractivity contribution < 1.29 is 32.2 Å². The molecule has 2 atom stereocenters. The molecule has 2 fully saturated rings. The van der Waals surface area contributed by atoms with E-state index in [4.69, 9.17) is 14.2 Å². The summed E-state index contributed by atoms with van der Waals surface area (Å²) in [6.45, 7) is 1.49. The monoisotopic (exact) mass is 401 g/mol. The van der Waals surface area contributed by atoms with Crippen molar-refractivity contribution in [3.63, 3.8) is 0 Å². The highest BCUT2D eigenvalue weighted by Crippen LogP contribution is 2.43. The molecule has 1 aromatic rings. The van der Waals surface area contributed by atoms with E-state index in [1.807, 2.05) is 0 Å². The van der Waals surface area contributed by atoms with Crippen LogP contribution < -0.4 is 5.32 Å². The summed E-state index contributed by atoms with van der Waals surface area (Å²) >= 11 is 0. The van der Waals surface area contributed by atoms with E-state index in [0.29, 0.717) is 51.1 Å². The van der Waals surface area contributed by atoms with Crippen LogP contribution in [0.15, 0.2) is 24.3 Å². The zero-order chi connectivity index (χ0) is 20.2. The van der Waals surface area contributed by atoms with Crippen molar-refractivity contribution in [2.24, 2.45) is 0 Å². The van der Waals surface area contributed by atoms with E-state index in [0.717, 1.165) is 12.1 Å². The minimum atomic E-state index is -4.37. The fraction of sp³-hybridized carbons (Fsp3) is 0.650. The van der Waals surface area contributed by atoms with Gasteiger partial charge in [-0.25, -0.2) is 0 Å². The van der Waals surface area contributed by atoms with Gasteiger partial charge >= 0.3 is 6.18 Å². The van der Waals surface area contributed by atoms with Crippen molar-refractivity contribution in [1.29, 1.82) is 0 Å². The van der Waals surface area contributed by atoms with E-state index >= 15 is 0 Å². The van der Waals surface area contributed by atoms with Gasteiger partial charge in [0, 0.05) is 32.8 Å². The van der Waals surface area contributed by atoms with Gasteiger partial charge in [0.05, 0.1) is 23.9 Å². The number of hydrogen-bond acceptors (Lipinski definition) is 4. The first kappa shape index (κ1) is 21.1. The van der Waals surface area contributed by atoms with Crippen molar-refractivity contribution in [1.82, 2.24) is 5.32 Å². The minimum Gasteiger partial charge on any atom is -0.384 e. The number of ether oxygens (including phenoxy) is 3. The molecule has 2 saturated heterocycles. The standard InChI is InChI=1S/C20H26F3NO4/c1-26-9-6-18(25)24-16-12-17(28-19(13-16)7-10-27-11-8-19)14-2-4-15(5-3-14)20(21,22)23/h2-5,16-17H,6-13H2,1H3,(H,24,25)/t16-,17-/m1/s1. The molecule has 1 amide bonds. The number of methoxy groups -OCH3 is 1. The van der Waals surface area contributed by atoms with Crippen LogP contribution in [0.1, 0.15) is 49.3 Å². The second-order valence-corrected chi connectivity index (χ2v) is 7.47. The molecule has 2 aliphatic rings. The summed E-state index contributed by atoms with van der Waals surface area (Å²) in [7, 11) is 1.54. The maximum absolute atomic E-state index is 12.9. The van der Waals surface area contributed by atoms with Gasteiger partial charge in [-0.05, 0) is 43.4 Å². The SMILES string of the molecule is COCCC(=O)N[C@@H]1C[C@H](c2ccc(C(F)(F)F)cc2)OC2(CCOCC2)C1. The summed E-state index contributed by atoms with van der Waals surface area (Å²) in [5, 5.41) is 3.04. The third-order valence-electron chi connectivity index (χ3n) is 5.42. The van der Waals surface area contributed by atoms with Crippen molar-refractivity contribution in [3.8, 4) is 0 Å². The van der Waals surface area contributed by atoms with Gasteiger partial charge in [0.1, 0.15) is 0 Å². The number of rotatable bonds is 5. The molecule has 0 radical (unpaired) electrons. The third kappa shape index (κ3) is 5.24. The molecule has 1 N–H and O–H groups in total. The molecule has 1 aromatic carbocycles. The number of amides is 1. The molecule has 156 valence electrons. The summed E-state index contributed by atoms with van der Waals surface area (Å²) in [6, 6.07) is 4.99. The van der Waals surface area contributed by atoms with Gasteiger partial charge in [0.25, 0.3) is 0 Å². The number of benzene rings is 1. The Morgan fingerprint density at radius 3 is 2.54 bits per heavy atom. The van der Waals surface area contributed by atoms with Crippen LogP contribution >= 0.6 is 0 Å². The molecular formula is C20H26F3NO4. The largest absolute Gasteiger partial charge is 0.416 e. The normalized spacial score (nSPS) is 24.9. The Bertz CT molecular complexity index is 656. The van der Waals surface area contributed by atoms with Gasteiger partial charge in [-0.3, -0.25) is 4.79 Å². The molecule has 0 aliphatic carbocycles. The van der Waals surface area contributed by atoms with E-state index in [2.05, 4.69) is 5.32 Å². The third-order valence-corrected chi connectivity index (χ3v) is 5.42. The number of halogens is 3. The molecule has 28 heavy (non-hydrogen) atoms. The Morgan fingerprint density at radius 1 is 1.25 bits per heavy atom. The predicted molar refractivity (Wildman–Crippen MR) is 95.7 cm³/mol. The molecular weight excluding hydrogens is 375 g/mol. The Morgan fingerprint density at radius 2 is 1.93 bits per heavy atom. The molecule has 5 nitrogen and oxygen atoms in total. The van der Waals surface area contributed by atoms with Crippen LogP contribution in [0.25, 0.3) is 0 Å². The summed E-state index contributed by atoms with van der Waals surface area (Å²) < 4.78 is 55.3. The van der Waals surface area contributed by atoms with Crippen LogP contribution in [-0.2, 0) is 25.2 Å². The second kappa shape index (κ2) is 8.80. The smallest absolute Gasteiger partial charge is 0.384 e. The van der Waals surface area contributed by atoms with Crippen molar-refractivity contribution >= 4 is 5.91 Å². The fourth-order valence-electron chi connectivity index (χ4n) is 3.95. The van der Waals surface area contributed by atoms with Crippen LogP contribution in [0, 0.1) is 0 Å². The molecule has 0 bridgehead atoms. The number of carbonyl (C=O) groups excluding carboxylic acids is 1. The van der Waals surface area contributed by atoms with Gasteiger partial charge in [-0.1, -0.05) is 12.1 Å². The van der Waals surface area contributed by atoms with Crippen molar-refractivity contribution in [3.05, 3.63) is 35.4 Å². The number of alkyl halides is 3. The van der Waals surface area contributed by atoms with Gasteiger partial charge in [-0.2, -0.15) is 13.2 Å². The molecule has 0 saturated carbocycles. The first-order chi connectivity index (χ1) is 13.3. The molecule has 1 spiro atoms. The average molecular weight is 401 g/mol. The maximum Gasteiger partial charge on any atom is 0.416 e. The lowest BCUT2D eigenvalue weighted by atomic mass is 9.81. The number of nitrogens with one attached hydrogen (secondary N) is 1. The molecule has 2 heterocycles. The highest BCUT2D eigenvalue weighted by Gasteiger charge is 2.43. The van der Waals surface area contributed by atoms with Crippen LogP contribution in [0.5, 0.6) is 0 Å². The van der Waals surface area contributed by atoms with Crippen LogP contribution in [0.4, 0.5) is 13.2 Å². The van der Waals surface area contributed by atoms with Gasteiger partial charge in [-0.15, -0.1) is 0 Å². The van der Waals surface area contributed by atoms with Gasteiger partial charge < -0.3 is 19.5 Å². The average Bonchev–Trinajstić information content (AvgIpc) is 2.66. The molecule has 0 unspecified atom stereocenters. The predicted octanol–water partition coefficient (Wildman–Crippen LogP) is 3.63. The zero-order valence-corrected chi connectivity index (χ0v) is 15.9. The number of carbonyl (C=O) groups is 1. The lowest BCUT2D eigenvalue weighted by Crippen LogP contribution is -2.51. The minimum absolute atomic E-state index is 0.0953. The Balaban J connectivity index is 1.76. The van der Waals surface area contributed by atoms with E-state index < -0.39 is 17.3 Å². The van der Waals surface area contributed by atoms with Crippen molar-refractivity contribution in [2.75, 3.05) is 26.9 Å². The molecule has 0 aromatic heterocycles. The van der Waals surface area contributed by atoms with Gasteiger partial charge in [0.15, 0.2) is 0 Å². The van der Waals surface area contributed by atoms with Gasteiger partial charge in [0.2, 0.25) is 5.91 Å². The second-order valence-electron chi connectivity index (χ2n) is 7.47. The van der Waals surface area contributed by atoms with E-state index in [1.54, 1.807) is 7.11 Å². The van der Waals surface area contributed by atoms with E-state index in [-0.39, 0.29) is 24.5 Å². The van der Waals surface area contributed by atoms with E-state index in [9.17, 15) is 18.0 Å². The molecule has 8 heteroatoms.